The lowest BCUT2D eigenvalue weighted by molar-refractivity contribution is -0.0459. The third kappa shape index (κ3) is 3.91. The average molecular weight is 290 g/mol. The highest BCUT2D eigenvalue weighted by atomic mass is 32.2. The number of hydrogen-bond acceptors (Lipinski definition) is 7. The van der Waals surface area contributed by atoms with E-state index in [2.05, 4.69) is 14.2 Å². The molecular weight excluding hydrogens is 276 g/mol. The molecule has 0 aliphatic carbocycles. The average Bonchev–Trinajstić information content (AvgIpc) is 2.38. The van der Waals surface area contributed by atoms with E-state index in [1.807, 2.05) is 0 Å². The molecule has 0 heterocycles. The van der Waals surface area contributed by atoms with Crippen molar-refractivity contribution in [3.8, 4) is 5.75 Å². The molecule has 0 amide bonds. The van der Waals surface area contributed by atoms with E-state index >= 15 is 0 Å². The highest BCUT2D eigenvalue weighted by Gasteiger charge is 2.27. The molecule has 0 aromatic heterocycles. The number of hydrogen-bond donors (Lipinski definition) is 0. The molecule has 1 aromatic rings. The van der Waals surface area contributed by atoms with Crippen LogP contribution in [0.5, 0.6) is 5.75 Å². The number of carbonyl (C=O) groups is 1. The van der Waals surface area contributed by atoms with Crippen LogP contribution in [0.3, 0.4) is 0 Å². The topological polar surface area (TPSA) is 88.1 Å². The first-order valence-corrected chi connectivity index (χ1v) is 6.59. The van der Waals surface area contributed by atoms with Gasteiger partial charge in [0.05, 0.1) is 12.7 Å². The molecule has 0 saturated carbocycles. The molecule has 0 fully saturated rings. The molecule has 0 aliphatic heterocycles. The maximum atomic E-state index is 11.7. The van der Waals surface area contributed by atoms with Crippen molar-refractivity contribution in [2.45, 2.75) is 5.62 Å². The quantitative estimate of drug-likeness (QED) is 0.434. The second kappa shape index (κ2) is 6.50. The molecule has 8 heteroatoms. The summed E-state index contributed by atoms with van der Waals surface area (Å²) in [6.45, 7) is 0. The van der Waals surface area contributed by atoms with Gasteiger partial charge in [-0.05, 0) is 18.2 Å². The lowest BCUT2D eigenvalue weighted by Crippen LogP contribution is -2.29. The first kappa shape index (κ1) is 15.4. The summed E-state index contributed by atoms with van der Waals surface area (Å²) in [6, 6.07) is 5.55. The van der Waals surface area contributed by atoms with Crippen LogP contribution in [0, 0.1) is 0 Å². The summed E-state index contributed by atoms with van der Waals surface area (Å²) in [5.74, 6) is -0.639. The molecule has 0 saturated heterocycles. The van der Waals surface area contributed by atoms with E-state index in [1.165, 1.54) is 45.6 Å². The molecule has 0 radical (unpaired) electrons. The van der Waals surface area contributed by atoms with Crippen LogP contribution in [-0.4, -0.2) is 41.3 Å². The van der Waals surface area contributed by atoms with Crippen LogP contribution in [0.4, 0.5) is 0 Å². The zero-order chi connectivity index (χ0) is 14.5. The lowest BCUT2D eigenvalue weighted by atomic mass is 10.2. The van der Waals surface area contributed by atoms with Crippen molar-refractivity contribution < 1.29 is 31.6 Å². The number of esters is 1. The Morgan fingerprint density at radius 1 is 1.16 bits per heavy atom. The second-order valence-corrected chi connectivity index (χ2v) is 4.89. The van der Waals surface area contributed by atoms with Crippen LogP contribution in [0.25, 0.3) is 0 Å². The van der Waals surface area contributed by atoms with Crippen LogP contribution >= 0.6 is 0 Å². The van der Waals surface area contributed by atoms with Gasteiger partial charge in [-0.2, -0.15) is 8.42 Å². The molecule has 7 nitrogen and oxygen atoms in total. The van der Waals surface area contributed by atoms with Crippen LogP contribution in [0.2, 0.25) is 0 Å². The van der Waals surface area contributed by atoms with Gasteiger partial charge in [-0.3, -0.25) is 0 Å². The summed E-state index contributed by atoms with van der Waals surface area (Å²) < 4.78 is 42.0. The maximum Gasteiger partial charge on any atom is 0.363 e. The third-order valence-corrected chi connectivity index (χ3v) is 3.37. The van der Waals surface area contributed by atoms with Crippen molar-refractivity contribution in [3.05, 3.63) is 29.8 Å². The van der Waals surface area contributed by atoms with E-state index in [9.17, 15) is 13.2 Å². The standard InChI is InChI=1S/C11H14O7S/c1-15-10(12)8-5-4-6-9(7-8)18-19(13,14)11(16-2)17-3/h4-7,11H,1-3H3. The van der Waals surface area contributed by atoms with Crippen LogP contribution in [0.15, 0.2) is 24.3 Å². The van der Waals surface area contributed by atoms with E-state index in [-0.39, 0.29) is 11.3 Å². The fraction of sp³-hybridized carbons (Fsp3) is 0.364. The largest absolute Gasteiger partial charge is 0.465 e. The summed E-state index contributed by atoms with van der Waals surface area (Å²) in [5.41, 5.74) is -1.38. The summed E-state index contributed by atoms with van der Waals surface area (Å²) in [6.07, 6.45) is 0. The fourth-order valence-corrected chi connectivity index (χ4v) is 2.22. The number of carbonyl (C=O) groups excluding carboxylic acids is 1. The Balaban J connectivity index is 2.97. The summed E-state index contributed by atoms with van der Waals surface area (Å²) in [4.78, 5) is 11.3. The van der Waals surface area contributed by atoms with E-state index < -0.39 is 21.7 Å². The van der Waals surface area contributed by atoms with E-state index in [0.29, 0.717) is 0 Å². The Hall–Kier alpha value is -1.64. The monoisotopic (exact) mass is 290 g/mol. The minimum atomic E-state index is -4.12. The molecule has 106 valence electrons. The van der Waals surface area contributed by atoms with Gasteiger partial charge >= 0.3 is 16.1 Å². The van der Waals surface area contributed by atoms with E-state index in [0.717, 1.165) is 0 Å². The normalized spacial score (nSPS) is 11.4. The minimum absolute atomic E-state index is 0.0398. The van der Waals surface area contributed by atoms with Gasteiger partial charge in [0, 0.05) is 14.2 Å². The Kier molecular flexibility index (Phi) is 5.28. The van der Waals surface area contributed by atoms with Gasteiger partial charge in [-0.1, -0.05) is 6.07 Å². The van der Waals surface area contributed by atoms with Crippen LogP contribution in [0.1, 0.15) is 10.4 Å². The zero-order valence-electron chi connectivity index (χ0n) is 10.7. The molecule has 0 N–H and O–H groups in total. The molecule has 0 atom stereocenters. The van der Waals surface area contributed by atoms with Crippen molar-refractivity contribution >= 4 is 16.1 Å². The molecule has 0 unspecified atom stereocenters. The van der Waals surface area contributed by atoms with Gasteiger partial charge in [0.25, 0.3) is 5.62 Å². The molecule has 0 aliphatic rings. The Morgan fingerprint density at radius 2 is 1.79 bits per heavy atom. The summed E-state index contributed by atoms with van der Waals surface area (Å²) >= 11 is 0. The highest BCUT2D eigenvalue weighted by Crippen LogP contribution is 2.18. The molecule has 1 aromatic carbocycles. The van der Waals surface area contributed by atoms with Gasteiger partial charge in [0.1, 0.15) is 5.75 Å². The number of ether oxygens (including phenoxy) is 3. The molecule has 0 bridgehead atoms. The summed E-state index contributed by atoms with van der Waals surface area (Å²) in [5, 5.41) is 0. The van der Waals surface area contributed by atoms with Crippen molar-refractivity contribution in [3.63, 3.8) is 0 Å². The molecular formula is C11H14O7S. The van der Waals surface area contributed by atoms with Gasteiger partial charge in [-0.25, -0.2) is 4.79 Å². The smallest absolute Gasteiger partial charge is 0.363 e. The van der Waals surface area contributed by atoms with Gasteiger partial charge in [-0.15, -0.1) is 0 Å². The Morgan fingerprint density at radius 3 is 2.32 bits per heavy atom. The predicted octanol–water partition coefficient (Wildman–Crippen LogP) is 0.758. The molecule has 1 rings (SSSR count). The van der Waals surface area contributed by atoms with Crippen molar-refractivity contribution in [2.24, 2.45) is 0 Å². The number of methoxy groups -OCH3 is 3. The fourth-order valence-electron chi connectivity index (χ4n) is 1.30. The number of benzene rings is 1. The van der Waals surface area contributed by atoms with Crippen LogP contribution in [-0.2, 0) is 24.3 Å². The molecule has 19 heavy (non-hydrogen) atoms. The lowest BCUT2D eigenvalue weighted by Gasteiger charge is -2.14. The number of rotatable bonds is 6. The Bertz CT molecular complexity index is 534. The van der Waals surface area contributed by atoms with Crippen LogP contribution < -0.4 is 4.18 Å². The van der Waals surface area contributed by atoms with Gasteiger partial charge in [0.2, 0.25) is 0 Å². The van der Waals surface area contributed by atoms with Crippen molar-refractivity contribution in [2.75, 3.05) is 21.3 Å². The second-order valence-electron chi connectivity index (χ2n) is 3.36. The summed E-state index contributed by atoms with van der Waals surface area (Å²) in [7, 11) is -0.567. The first-order valence-electron chi connectivity index (χ1n) is 5.12. The first-order chi connectivity index (χ1) is 8.94. The highest BCUT2D eigenvalue weighted by molar-refractivity contribution is 7.87. The van der Waals surface area contributed by atoms with Crippen molar-refractivity contribution in [1.82, 2.24) is 0 Å². The Labute approximate surface area is 111 Å². The van der Waals surface area contributed by atoms with Gasteiger partial charge < -0.3 is 18.4 Å². The minimum Gasteiger partial charge on any atom is -0.465 e. The third-order valence-electron chi connectivity index (χ3n) is 2.09. The van der Waals surface area contributed by atoms with Crippen molar-refractivity contribution in [1.29, 1.82) is 0 Å². The maximum absolute atomic E-state index is 11.7. The zero-order valence-corrected chi connectivity index (χ0v) is 11.5. The predicted molar refractivity (Wildman–Crippen MR) is 65.1 cm³/mol. The van der Waals surface area contributed by atoms with E-state index in [4.69, 9.17) is 4.18 Å². The molecule has 0 spiro atoms. The SMILES string of the molecule is COC(=O)c1cccc(OS(=O)(=O)C(OC)OC)c1. The van der Waals surface area contributed by atoms with Gasteiger partial charge in [0.15, 0.2) is 0 Å². The van der Waals surface area contributed by atoms with E-state index in [1.54, 1.807) is 0 Å².